The van der Waals surface area contributed by atoms with Crippen LogP contribution in [0.25, 0.3) is 0 Å². The normalized spacial score (nSPS) is 11.5. The van der Waals surface area contributed by atoms with Crippen molar-refractivity contribution in [2.45, 2.75) is 19.5 Å². The van der Waals surface area contributed by atoms with E-state index in [0.717, 1.165) is 30.3 Å². The number of Topliss-reactive ketones (excluding diaryl/α,β-unsaturated/α-hetero) is 1. The molecule has 0 saturated carbocycles. The fourth-order valence-electron chi connectivity index (χ4n) is 1.94. The van der Waals surface area contributed by atoms with Crippen LogP contribution >= 0.6 is 0 Å². The van der Waals surface area contributed by atoms with Crippen LogP contribution in [0.4, 0.5) is 13.2 Å². The fourth-order valence-corrected chi connectivity index (χ4v) is 1.94. The van der Waals surface area contributed by atoms with E-state index in [1.165, 1.54) is 6.92 Å². The van der Waals surface area contributed by atoms with Crippen molar-refractivity contribution >= 4 is 5.78 Å². The van der Waals surface area contributed by atoms with Gasteiger partial charge in [-0.05, 0) is 24.6 Å². The molecule has 0 aliphatic rings. The standard InChI is InChI=1S/C15H11F3O4/c1-8-6-11(19)13(14(21)22-8)12(20)7-9-2-4-10(5-3-9)15(16,17)18/h2-6,19H,7H2,1H3. The van der Waals surface area contributed by atoms with E-state index in [1.807, 2.05) is 0 Å². The monoisotopic (exact) mass is 312 g/mol. The maximum absolute atomic E-state index is 12.4. The molecule has 0 spiro atoms. The fraction of sp³-hybridized carbons (Fsp3) is 0.200. The van der Waals surface area contributed by atoms with Gasteiger partial charge >= 0.3 is 11.8 Å². The molecule has 1 heterocycles. The molecule has 0 amide bonds. The number of hydrogen-bond acceptors (Lipinski definition) is 4. The average molecular weight is 312 g/mol. The first-order valence-corrected chi connectivity index (χ1v) is 6.21. The average Bonchev–Trinajstić information content (AvgIpc) is 2.36. The van der Waals surface area contributed by atoms with Crippen molar-refractivity contribution in [3.05, 3.63) is 63.2 Å². The number of benzene rings is 1. The molecule has 0 fully saturated rings. The van der Waals surface area contributed by atoms with E-state index in [0.29, 0.717) is 0 Å². The van der Waals surface area contributed by atoms with Crippen LogP contribution < -0.4 is 5.63 Å². The molecule has 0 saturated heterocycles. The number of hydrogen-bond donors (Lipinski definition) is 1. The molecular weight excluding hydrogens is 301 g/mol. The molecule has 2 rings (SSSR count). The summed E-state index contributed by atoms with van der Waals surface area (Å²) in [5.41, 5.74) is -2.03. The summed E-state index contributed by atoms with van der Waals surface area (Å²) < 4.78 is 42.0. The molecule has 4 nitrogen and oxygen atoms in total. The lowest BCUT2D eigenvalue weighted by molar-refractivity contribution is -0.137. The molecule has 0 bridgehead atoms. The lowest BCUT2D eigenvalue weighted by Gasteiger charge is -2.07. The zero-order valence-electron chi connectivity index (χ0n) is 11.4. The van der Waals surface area contributed by atoms with Crippen LogP contribution in [0.2, 0.25) is 0 Å². The minimum Gasteiger partial charge on any atom is -0.507 e. The van der Waals surface area contributed by atoms with E-state index in [-0.39, 0.29) is 17.7 Å². The smallest absolute Gasteiger partial charge is 0.416 e. The third-order valence-electron chi connectivity index (χ3n) is 2.98. The van der Waals surface area contributed by atoms with Crippen LogP contribution in [0.15, 0.2) is 39.5 Å². The van der Waals surface area contributed by atoms with Crippen molar-refractivity contribution in [1.82, 2.24) is 0 Å². The van der Waals surface area contributed by atoms with E-state index < -0.39 is 34.5 Å². The first kappa shape index (κ1) is 15.8. The third-order valence-corrected chi connectivity index (χ3v) is 2.98. The molecule has 116 valence electrons. The molecule has 0 unspecified atom stereocenters. The van der Waals surface area contributed by atoms with Gasteiger partial charge in [-0.15, -0.1) is 0 Å². The van der Waals surface area contributed by atoms with E-state index in [1.54, 1.807) is 0 Å². The van der Waals surface area contributed by atoms with Crippen molar-refractivity contribution in [1.29, 1.82) is 0 Å². The van der Waals surface area contributed by atoms with E-state index in [2.05, 4.69) is 0 Å². The first-order valence-electron chi connectivity index (χ1n) is 6.21. The number of aromatic hydroxyl groups is 1. The number of rotatable bonds is 3. The van der Waals surface area contributed by atoms with Crippen molar-refractivity contribution in [2.24, 2.45) is 0 Å². The lowest BCUT2D eigenvalue weighted by Crippen LogP contribution is -2.16. The number of aryl methyl sites for hydroxylation is 1. The summed E-state index contributed by atoms with van der Waals surface area (Å²) >= 11 is 0. The second-order valence-electron chi connectivity index (χ2n) is 4.70. The van der Waals surface area contributed by atoms with Gasteiger partial charge in [0, 0.05) is 12.5 Å². The van der Waals surface area contributed by atoms with Gasteiger partial charge < -0.3 is 9.52 Å². The quantitative estimate of drug-likeness (QED) is 0.884. The zero-order valence-corrected chi connectivity index (χ0v) is 11.4. The van der Waals surface area contributed by atoms with Crippen molar-refractivity contribution < 1.29 is 27.5 Å². The molecule has 0 aliphatic heterocycles. The van der Waals surface area contributed by atoms with Crippen LogP contribution in [0.1, 0.15) is 27.2 Å². The topological polar surface area (TPSA) is 67.5 Å². The Bertz CT molecular complexity index is 758. The number of halogens is 3. The van der Waals surface area contributed by atoms with E-state index in [9.17, 15) is 27.9 Å². The van der Waals surface area contributed by atoms with E-state index in [4.69, 9.17) is 4.42 Å². The second-order valence-corrected chi connectivity index (χ2v) is 4.70. The highest BCUT2D eigenvalue weighted by atomic mass is 19.4. The van der Waals surface area contributed by atoms with Gasteiger partial charge in [0.2, 0.25) is 0 Å². The maximum Gasteiger partial charge on any atom is 0.416 e. The number of alkyl halides is 3. The van der Waals surface area contributed by atoms with Crippen molar-refractivity contribution in [3.63, 3.8) is 0 Å². The molecule has 0 radical (unpaired) electrons. The van der Waals surface area contributed by atoms with Crippen LogP contribution in [0, 0.1) is 6.92 Å². The summed E-state index contributed by atoms with van der Waals surface area (Å²) in [6, 6.07) is 5.11. The predicted molar refractivity (Wildman–Crippen MR) is 70.9 cm³/mol. The molecule has 7 heteroatoms. The molecule has 0 aliphatic carbocycles. The van der Waals surface area contributed by atoms with Gasteiger partial charge in [0.1, 0.15) is 17.1 Å². The van der Waals surface area contributed by atoms with Crippen LogP contribution in [-0.4, -0.2) is 10.9 Å². The minimum atomic E-state index is -4.46. The Morgan fingerprint density at radius 2 is 1.82 bits per heavy atom. The van der Waals surface area contributed by atoms with Gasteiger partial charge in [-0.25, -0.2) is 4.79 Å². The lowest BCUT2D eigenvalue weighted by atomic mass is 10.0. The van der Waals surface area contributed by atoms with Crippen LogP contribution in [0.3, 0.4) is 0 Å². The van der Waals surface area contributed by atoms with Gasteiger partial charge in [0.25, 0.3) is 0 Å². The summed E-state index contributed by atoms with van der Waals surface area (Å²) in [5.74, 6) is -1.09. The summed E-state index contributed by atoms with van der Waals surface area (Å²) in [4.78, 5) is 23.6. The maximum atomic E-state index is 12.4. The molecule has 1 aromatic heterocycles. The Kier molecular flexibility index (Phi) is 4.07. The zero-order chi connectivity index (χ0) is 16.5. The largest absolute Gasteiger partial charge is 0.507 e. The summed E-state index contributed by atoms with van der Waals surface area (Å²) in [6.07, 6.45) is -4.78. The Balaban J connectivity index is 2.25. The molecule has 2 aromatic rings. The van der Waals surface area contributed by atoms with Gasteiger partial charge in [-0.1, -0.05) is 12.1 Å². The third kappa shape index (κ3) is 3.36. The predicted octanol–water partition coefficient (Wildman–Crippen LogP) is 3.10. The summed E-state index contributed by atoms with van der Waals surface area (Å²) in [7, 11) is 0. The Morgan fingerprint density at radius 1 is 1.23 bits per heavy atom. The number of carbonyl (C=O) groups is 1. The van der Waals surface area contributed by atoms with Crippen LogP contribution in [-0.2, 0) is 12.6 Å². The Morgan fingerprint density at radius 3 is 2.32 bits per heavy atom. The second kappa shape index (κ2) is 5.67. The molecule has 0 atom stereocenters. The Hall–Kier alpha value is -2.57. The van der Waals surface area contributed by atoms with Crippen LogP contribution in [0.5, 0.6) is 5.75 Å². The SMILES string of the molecule is Cc1cc(O)c(C(=O)Cc2ccc(C(F)(F)F)cc2)c(=O)o1. The highest BCUT2D eigenvalue weighted by molar-refractivity contribution is 5.99. The highest BCUT2D eigenvalue weighted by Gasteiger charge is 2.30. The van der Waals surface area contributed by atoms with Gasteiger partial charge in [-0.2, -0.15) is 13.2 Å². The number of ketones is 1. The molecule has 1 aromatic carbocycles. The summed E-state index contributed by atoms with van der Waals surface area (Å²) in [5, 5.41) is 9.64. The minimum absolute atomic E-state index is 0.147. The van der Waals surface area contributed by atoms with Gasteiger partial charge in [0.15, 0.2) is 5.78 Å². The van der Waals surface area contributed by atoms with Crippen molar-refractivity contribution in [3.8, 4) is 5.75 Å². The first-order chi connectivity index (χ1) is 10.2. The molecule has 22 heavy (non-hydrogen) atoms. The highest BCUT2D eigenvalue weighted by Crippen LogP contribution is 2.29. The molecule has 1 N–H and O–H groups in total. The van der Waals surface area contributed by atoms with E-state index >= 15 is 0 Å². The van der Waals surface area contributed by atoms with Gasteiger partial charge in [-0.3, -0.25) is 4.79 Å². The molecular formula is C15H11F3O4. The summed E-state index contributed by atoms with van der Waals surface area (Å²) in [6.45, 7) is 1.44. The number of carbonyl (C=O) groups excluding carboxylic acids is 1. The van der Waals surface area contributed by atoms with Crippen molar-refractivity contribution in [2.75, 3.05) is 0 Å². The van der Waals surface area contributed by atoms with Gasteiger partial charge in [0.05, 0.1) is 5.56 Å². The Labute approximate surface area is 122 Å².